The van der Waals surface area contributed by atoms with Gasteiger partial charge in [0.2, 0.25) is 0 Å². The van der Waals surface area contributed by atoms with Gasteiger partial charge in [0.05, 0.1) is 16.2 Å². The van der Waals surface area contributed by atoms with E-state index in [1.54, 1.807) is 0 Å². The highest BCUT2D eigenvalue weighted by Gasteiger charge is 2.34. The fourth-order valence-corrected chi connectivity index (χ4v) is 1.45. The van der Waals surface area contributed by atoms with Crippen LogP contribution in [0.1, 0.15) is 25.0 Å². The third-order valence-corrected chi connectivity index (χ3v) is 2.34. The summed E-state index contributed by atoms with van der Waals surface area (Å²) in [5.74, 6) is -0.540. The number of rotatable bonds is 1. The molecule has 0 radical (unpaired) electrons. The molecule has 90 valence electrons. The summed E-state index contributed by atoms with van der Waals surface area (Å²) in [6.07, 6.45) is -4.57. The largest absolute Gasteiger partial charge is 0.506 e. The fraction of sp³-hybridized carbons (Fsp3) is 0.400. The van der Waals surface area contributed by atoms with Crippen LogP contribution in [-0.2, 0) is 11.8 Å². The monoisotopic (exact) mass is 254 g/mol. The Labute approximate surface area is 95.3 Å². The number of benzene rings is 1. The van der Waals surface area contributed by atoms with E-state index < -0.39 is 28.1 Å². The van der Waals surface area contributed by atoms with Crippen LogP contribution in [0.25, 0.3) is 0 Å². The molecule has 0 aliphatic heterocycles. The molecule has 0 saturated heterocycles. The second-order valence-electron chi connectivity index (χ2n) is 3.91. The zero-order valence-electron chi connectivity index (χ0n) is 8.56. The average molecular weight is 255 g/mol. The van der Waals surface area contributed by atoms with Gasteiger partial charge >= 0.3 is 6.18 Å². The molecule has 0 atom stereocenters. The summed E-state index contributed by atoms with van der Waals surface area (Å²) in [6, 6.07) is 1.30. The van der Waals surface area contributed by atoms with Crippen LogP contribution < -0.4 is 0 Å². The maximum atomic E-state index is 12.4. The molecule has 0 unspecified atom stereocenters. The number of alkyl halides is 3. The molecule has 0 aliphatic rings. The Hall–Kier alpha value is -0.940. The standard InChI is InChI=1S/C10H10ClF3O2/c1-9(2,16)6-3-5(10(12,13)14)4-7(11)8(6)15/h3-4,15-16H,1-2H3. The zero-order valence-corrected chi connectivity index (χ0v) is 9.32. The summed E-state index contributed by atoms with van der Waals surface area (Å²) in [6.45, 7) is 2.52. The molecule has 0 spiro atoms. The summed E-state index contributed by atoms with van der Waals surface area (Å²) >= 11 is 5.47. The van der Waals surface area contributed by atoms with Crippen LogP contribution in [0.15, 0.2) is 12.1 Å². The molecule has 1 aromatic carbocycles. The molecule has 0 saturated carbocycles. The molecule has 6 heteroatoms. The molecular weight excluding hydrogens is 245 g/mol. The first-order valence-corrected chi connectivity index (χ1v) is 4.74. The first kappa shape index (κ1) is 13.1. The smallest absolute Gasteiger partial charge is 0.416 e. The summed E-state index contributed by atoms with van der Waals surface area (Å²) in [4.78, 5) is 0. The minimum absolute atomic E-state index is 0.257. The Morgan fingerprint density at radius 1 is 1.19 bits per heavy atom. The number of phenolic OH excluding ortho intramolecular Hbond substituents is 1. The number of halogens is 4. The highest BCUT2D eigenvalue weighted by atomic mass is 35.5. The maximum absolute atomic E-state index is 12.4. The molecule has 0 amide bonds. The Balaban J connectivity index is 3.46. The molecule has 0 bridgehead atoms. The minimum Gasteiger partial charge on any atom is -0.506 e. The van der Waals surface area contributed by atoms with Gasteiger partial charge in [-0.3, -0.25) is 0 Å². The lowest BCUT2D eigenvalue weighted by atomic mass is 9.95. The van der Waals surface area contributed by atoms with Gasteiger partial charge < -0.3 is 10.2 Å². The lowest BCUT2D eigenvalue weighted by Gasteiger charge is -2.21. The average Bonchev–Trinajstić information content (AvgIpc) is 2.05. The summed E-state index contributed by atoms with van der Waals surface area (Å²) in [5.41, 5.74) is -2.87. The Morgan fingerprint density at radius 2 is 1.69 bits per heavy atom. The number of phenols is 1. The van der Waals surface area contributed by atoms with E-state index in [0.29, 0.717) is 12.1 Å². The molecule has 0 heterocycles. The van der Waals surface area contributed by atoms with Crippen LogP contribution in [-0.4, -0.2) is 10.2 Å². The molecule has 0 fully saturated rings. The number of hydrogen-bond donors (Lipinski definition) is 2. The van der Waals surface area contributed by atoms with Gasteiger partial charge in [-0.25, -0.2) is 0 Å². The Morgan fingerprint density at radius 3 is 2.06 bits per heavy atom. The molecule has 16 heavy (non-hydrogen) atoms. The third-order valence-electron chi connectivity index (χ3n) is 2.05. The van der Waals surface area contributed by atoms with E-state index in [1.807, 2.05) is 0 Å². The van der Waals surface area contributed by atoms with Gasteiger partial charge in [0.15, 0.2) is 0 Å². The van der Waals surface area contributed by atoms with Crippen molar-refractivity contribution >= 4 is 11.6 Å². The van der Waals surface area contributed by atoms with Crippen LogP contribution in [0.2, 0.25) is 5.02 Å². The van der Waals surface area contributed by atoms with Crippen molar-refractivity contribution in [3.63, 3.8) is 0 Å². The van der Waals surface area contributed by atoms with Crippen molar-refractivity contribution in [3.05, 3.63) is 28.3 Å². The van der Waals surface area contributed by atoms with E-state index in [1.165, 1.54) is 13.8 Å². The van der Waals surface area contributed by atoms with Gasteiger partial charge in [0.25, 0.3) is 0 Å². The van der Waals surface area contributed by atoms with Crippen LogP contribution in [0.5, 0.6) is 5.75 Å². The van der Waals surface area contributed by atoms with Crippen molar-refractivity contribution in [2.75, 3.05) is 0 Å². The molecule has 1 rings (SSSR count). The number of aromatic hydroxyl groups is 1. The van der Waals surface area contributed by atoms with Crippen LogP contribution in [0.4, 0.5) is 13.2 Å². The van der Waals surface area contributed by atoms with Crippen LogP contribution in [0.3, 0.4) is 0 Å². The van der Waals surface area contributed by atoms with E-state index in [0.717, 1.165) is 0 Å². The SMILES string of the molecule is CC(C)(O)c1cc(C(F)(F)F)cc(Cl)c1O. The quantitative estimate of drug-likeness (QED) is 0.807. The van der Waals surface area contributed by atoms with E-state index in [-0.39, 0.29) is 5.56 Å². The maximum Gasteiger partial charge on any atom is 0.416 e. The van der Waals surface area contributed by atoms with Crippen molar-refractivity contribution in [2.24, 2.45) is 0 Å². The molecule has 2 N–H and O–H groups in total. The Kier molecular flexibility index (Phi) is 3.13. The van der Waals surface area contributed by atoms with Gasteiger partial charge in [-0.2, -0.15) is 13.2 Å². The molecule has 0 aromatic heterocycles. The van der Waals surface area contributed by atoms with Crippen LogP contribution in [0, 0.1) is 0 Å². The van der Waals surface area contributed by atoms with Gasteiger partial charge in [-0.05, 0) is 26.0 Å². The van der Waals surface area contributed by atoms with E-state index in [2.05, 4.69) is 0 Å². The third kappa shape index (κ3) is 2.59. The Bertz CT molecular complexity index is 408. The lowest BCUT2D eigenvalue weighted by molar-refractivity contribution is -0.137. The van der Waals surface area contributed by atoms with Gasteiger partial charge in [-0.1, -0.05) is 11.6 Å². The number of hydrogen-bond acceptors (Lipinski definition) is 2. The fourth-order valence-electron chi connectivity index (χ4n) is 1.23. The van der Waals surface area contributed by atoms with Gasteiger partial charge in [0, 0.05) is 5.56 Å². The minimum atomic E-state index is -4.57. The number of aliphatic hydroxyl groups is 1. The zero-order chi connectivity index (χ0) is 12.7. The molecular formula is C10H10ClF3O2. The highest BCUT2D eigenvalue weighted by Crippen LogP contribution is 2.40. The van der Waals surface area contributed by atoms with Crippen molar-refractivity contribution in [3.8, 4) is 5.75 Å². The van der Waals surface area contributed by atoms with Crippen molar-refractivity contribution < 1.29 is 23.4 Å². The van der Waals surface area contributed by atoms with Gasteiger partial charge in [0.1, 0.15) is 5.75 Å². The highest BCUT2D eigenvalue weighted by molar-refractivity contribution is 6.32. The predicted octanol–water partition coefficient (Wildman–Crippen LogP) is 3.29. The van der Waals surface area contributed by atoms with Crippen molar-refractivity contribution in [1.29, 1.82) is 0 Å². The van der Waals surface area contributed by atoms with Crippen LogP contribution >= 0.6 is 11.6 Å². The second kappa shape index (κ2) is 3.82. The topological polar surface area (TPSA) is 40.5 Å². The van der Waals surface area contributed by atoms with E-state index in [4.69, 9.17) is 11.6 Å². The summed E-state index contributed by atoms with van der Waals surface area (Å²) < 4.78 is 37.3. The van der Waals surface area contributed by atoms with E-state index >= 15 is 0 Å². The first-order chi connectivity index (χ1) is 7.03. The second-order valence-corrected chi connectivity index (χ2v) is 4.32. The van der Waals surface area contributed by atoms with Gasteiger partial charge in [-0.15, -0.1) is 0 Å². The van der Waals surface area contributed by atoms with Crippen molar-refractivity contribution in [1.82, 2.24) is 0 Å². The molecule has 1 aromatic rings. The predicted molar refractivity (Wildman–Crippen MR) is 53.4 cm³/mol. The van der Waals surface area contributed by atoms with E-state index in [9.17, 15) is 23.4 Å². The molecule has 0 aliphatic carbocycles. The van der Waals surface area contributed by atoms with Crippen molar-refractivity contribution in [2.45, 2.75) is 25.6 Å². The first-order valence-electron chi connectivity index (χ1n) is 4.36. The lowest BCUT2D eigenvalue weighted by Crippen LogP contribution is -2.17. The normalized spacial score (nSPS) is 12.9. The summed E-state index contributed by atoms with van der Waals surface area (Å²) in [5, 5.41) is 18.6. The molecule has 2 nitrogen and oxygen atoms in total. The summed E-state index contributed by atoms with van der Waals surface area (Å²) in [7, 11) is 0.